The van der Waals surface area contributed by atoms with Crippen molar-refractivity contribution in [2.24, 2.45) is 5.92 Å². The summed E-state index contributed by atoms with van der Waals surface area (Å²) in [5.41, 5.74) is 0. The molecule has 0 amide bonds. The zero-order valence-corrected chi connectivity index (χ0v) is 18.5. The minimum atomic E-state index is 0.513. The van der Waals surface area contributed by atoms with Gasteiger partial charge in [0.15, 0.2) is 5.11 Å². The molecule has 28 heavy (non-hydrogen) atoms. The lowest BCUT2D eigenvalue weighted by atomic mass is 10.0. The molecule has 2 fully saturated rings. The van der Waals surface area contributed by atoms with E-state index in [4.69, 9.17) is 22.2 Å². The molecule has 1 aromatic heterocycles. The Labute approximate surface area is 175 Å². The van der Waals surface area contributed by atoms with Gasteiger partial charge in [0.05, 0.1) is 0 Å². The van der Waals surface area contributed by atoms with Crippen LogP contribution >= 0.6 is 12.2 Å². The van der Waals surface area contributed by atoms with Crippen LogP contribution in [0.25, 0.3) is 0 Å². The second-order valence-electron chi connectivity index (χ2n) is 8.58. The molecule has 3 rings (SSSR count). The molecule has 0 saturated carbocycles. The first-order valence-electron chi connectivity index (χ1n) is 11.0. The van der Waals surface area contributed by atoms with Crippen molar-refractivity contribution in [3.8, 4) is 0 Å². The second-order valence-corrected chi connectivity index (χ2v) is 8.98. The first-order valence-corrected chi connectivity index (χ1v) is 11.4. The van der Waals surface area contributed by atoms with Gasteiger partial charge in [-0.05, 0) is 57.2 Å². The number of nitrogens with zero attached hydrogens (tertiary/aromatic N) is 4. The van der Waals surface area contributed by atoms with Crippen molar-refractivity contribution in [2.75, 3.05) is 41.3 Å². The Morgan fingerprint density at radius 2 is 1.75 bits per heavy atom. The molecule has 0 aromatic carbocycles. The summed E-state index contributed by atoms with van der Waals surface area (Å²) in [5, 5.41) is 7.09. The molecule has 2 saturated heterocycles. The quantitative estimate of drug-likeness (QED) is 0.714. The highest BCUT2D eigenvalue weighted by Crippen LogP contribution is 2.28. The van der Waals surface area contributed by atoms with Crippen LogP contribution in [0.3, 0.4) is 0 Å². The average Bonchev–Trinajstić information content (AvgIpc) is 2.96. The summed E-state index contributed by atoms with van der Waals surface area (Å²) in [5.74, 6) is 3.19. The van der Waals surface area contributed by atoms with Gasteiger partial charge >= 0.3 is 0 Å². The van der Waals surface area contributed by atoms with E-state index in [-0.39, 0.29) is 0 Å². The van der Waals surface area contributed by atoms with E-state index in [1.165, 1.54) is 44.9 Å². The van der Waals surface area contributed by atoms with E-state index in [1.807, 2.05) is 0 Å². The maximum absolute atomic E-state index is 5.47. The molecule has 1 aromatic rings. The van der Waals surface area contributed by atoms with Gasteiger partial charge in [-0.3, -0.25) is 0 Å². The van der Waals surface area contributed by atoms with Gasteiger partial charge in [-0.1, -0.05) is 26.7 Å². The normalized spacial score (nSPS) is 20.8. The average molecular weight is 405 g/mol. The van der Waals surface area contributed by atoms with Crippen LogP contribution in [0.4, 0.5) is 17.6 Å². The Morgan fingerprint density at radius 3 is 2.43 bits per heavy atom. The Kier molecular flexibility index (Phi) is 7.71. The molecule has 2 aliphatic heterocycles. The van der Waals surface area contributed by atoms with Crippen LogP contribution in [0.15, 0.2) is 6.07 Å². The molecule has 2 N–H and O–H groups in total. The van der Waals surface area contributed by atoms with Gasteiger partial charge in [0.1, 0.15) is 11.6 Å². The standard InChI is InChI=1S/C21H36N6S/c1-16(2)15-22-21(28)25-20-23-18(26-11-7-4-5-8-12-26)14-19(24-20)27-13-9-6-10-17(27)3/h14,16-17H,4-13,15H2,1-3H3,(H2,22,23,24,25,28). The first kappa shape index (κ1) is 21.1. The van der Waals surface area contributed by atoms with E-state index < -0.39 is 0 Å². The van der Waals surface area contributed by atoms with Crippen LogP contribution in [0.1, 0.15) is 65.7 Å². The molecule has 7 heteroatoms. The molecule has 3 heterocycles. The smallest absolute Gasteiger partial charge is 0.232 e. The van der Waals surface area contributed by atoms with Crippen LogP contribution in [0.2, 0.25) is 0 Å². The van der Waals surface area contributed by atoms with Gasteiger partial charge in [-0.25, -0.2) is 0 Å². The predicted octanol–water partition coefficient (Wildman–Crippen LogP) is 4.18. The van der Waals surface area contributed by atoms with Gasteiger partial charge in [0, 0.05) is 38.3 Å². The Hall–Kier alpha value is -1.63. The zero-order valence-electron chi connectivity index (χ0n) is 17.7. The Bertz CT molecular complexity index is 642. The third-order valence-electron chi connectivity index (χ3n) is 5.62. The van der Waals surface area contributed by atoms with E-state index >= 15 is 0 Å². The fourth-order valence-electron chi connectivity index (χ4n) is 3.97. The van der Waals surface area contributed by atoms with Crippen LogP contribution < -0.4 is 20.4 Å². The molecule has 0 aliphatic carbocycles. The molecular weight excluding hydrogens is 368 g/mol. The van der Waals surface area contributed by atoms with Crippen LogP contribution in [0.5, 0.6) is 0 Å². The van der Waals surface area contributed by atoms with Crippen LogP contribution in [-0.4, -0.2) is 47.3 Å². The largest absolute Gasteiger partial charge is 0.362 e. The van der Waals surface area contributed by atoms with Crippen LogP contribution in [0, 0.1) is 5.92 Å². The van der Waals surface area contributed by atoms with E-state index in [2.05, 4.69) is 47.3 Å². The highest BCUT2D eigenvalue weighted by molar-refractivity contribution is 7.80. The van der Waals surface area contributed by atoms with Gasteiger partial charge < -0.3 is 20.4 Å². The fraction of sp³-hybridized carbons (Fsp3) is 0.762. The maximum atomic E-state index is 5.47. The highest BCUT2D eigenvalue weighted by atomic mass is 32.1. The zero-order chi connectivity index (χ0) is 19.9. The third-order valence-corrected chi connectivity index (χ3v) is 5.87. The van der Waals surface area contributed by atoms with Gasteiger partial charge in [0.25, 0.3) is 0 Å². The first-order chi connectivity index (χ1) is 13.5. The van der Waals surface area contributed by atoms with Gasteiger partial charge in [0.2, 0.25) is 5.95 Å². The van der Waals surface area contributed by atoms with E-state index in [9.17, 15) is 0 Å². The van der Waals surface area contributed by atoms with E-state index in [0.29, 0.717) is 23.0 Å². The minimum Gasteiger partial charge on any atom is -0.362 e. The lowest BCUT2D eigenvalue weighted by Gasteiger charge is -2.35. The summed E-state index contributed by atoms with van der Waals surface area (Å²) in [6.07, 6.45) is 8.84. The SMILES string of the molecule is CC(C)CNC(=S)Nc1nc(N2CCCCCC2)cc(N2CCCCC2C)n1. The summed E-state index contributed by atoms with van der Waals surface area (Å²) < 4.78 is 0. The van der Waals surface area contributed by atoms with Crippen molar-refractivity contribution in [1.29, 1.82) is 0 Å². The number of aromatic nitrogens is 2. The van der Waals surface area contributed by atoms with Crippen molar-refractivity contribution < 1.29 is 0 Å². The fourth-order valence-corrected chi connectivity index (χ4v) is 4.14. The van der Waals surface area contributed by atoms with Gasteiger partial charge in [-0.15, -0.1) is 0 Å². The molecule has 156 valence electrons. The summed E-state index contributed by atoms with van der Waals surface area (Å²) >= 11 is 5.47. The molecule has 6 nitrogen and oxygen atoms in total. The number of anilines is 3. The van der Waals surface area contributed by atoms with E-state index in [0.717, 1.165) is 37.8 Å². The molecule has 0 bridgehead atoms. The summed E-state index contributed by atoms with van der Waals surface area (Å²) in [6.45, 7) is 10.7. The summed E-state index contributed by atoms with van der Waals surface area (Å²) in [7, 11) is 0. The summed E-state index contributed by atoms with van der Waals surface area (Å²) in [4.78, 5) is 14.5. The molecular formula is C21H36N6S. The monoisotopic (exact) mass is 404 g/mol. The Balaban J connectivity index is 1.83. The van der Waals surface area contributed by atoms with Gasteiger partial charge in [-0.2, -0.15) is 9.97 Å². The molecule has 0 radical (unpaired) electrons. The van der Waals surface area contributed by atoms with Crippen molar-refractivity contribution >= 4 is 34.9 Å². The number of piperidine rings is 1. The van der Waals surface area contributed by atoms with Crippen molar-refractivity contribution in [3.63, 3.8) is 0 Å². The minimum absolute atomic E-state index is 0.513. The number of rotatable bonds is 5. The lowest BCUT2D eigenvalue weighted by Crippen LogP contribution is -2.39. The topological polar surface area (TPSA) is 56.3 Å². The Morgan fingerprint density at radius 1 is 1.07 bits per heavy atom. The maximum Gasteiger partial charge on any atom is 0.232 e. The molecule has 1 unspecified atom stereocenters. The van der Waals surface area contributed by atoms with Crippen molar-refractivity contribution in [2.45, 2.75) is 71.8 Å². The van der Waals surface area contributed by atoms with E-state index in [1.54, 1.807) is 0 Å². The molecule has 0 spiro atoms. The number of thiocarbonyl (C=S) groups is 1. The number of hydrogen-bond donors (Lipinski definition) is 2. The predicted molar refractivity (Wildman–Crippen MR) is 122 cm³/mol. The second kappa shape index (κ2) is 10.2. The third kappa shape index (κ3) is 5.93. The van der Waals surface area contributed by atoms with Crippen LogP contribution in [-0.2, 0) is 0 Å². The van der Waals surface area contributed by atoms with Crippen molar-refractivity contribution in [3.05, 3.63) is 6.07 Å². The number of hydrogen-bond acceptors (Lipinski definition) is 5. The highest BCUT2D eigenvalue weighted by Gasteiger charge is 2.22. The summed E-state index contributed by atoms with van der Waals surface area (Å²) in [6, 6.07) is 2.70. The number of nitrogens with one attached hydrogen (secondary N) is 2. The molecule has 2 aliphatic rings. The molecule has 1 atom stereocenters. The van der Waals surface area contributed by atoms with Crippen molar-refractivity contribution in [1.82, 2.24) is 15.3 Å². The lowest BCUT2D eigenvalue weighted by molar-refractivity contribution is 0.481.